The minimum atomic E-state index is -3.07. The molecule has 1 aromatic heterocycles. The van der Waals surface area contributed by atoms with Gasteiger partial charge >= 0.3 is 7.60 Å². The van der Waals surface area contributed by atoms with Crippen molar-refractivity contribution in [2.45, 2.75) is 119 Å². The molecule has 0 bridgehead atoms. The third kappa shape index (κ3) is 49.8. The maximum Gasteiger partial charge on any atom is 0.332 e. The van der Waals surface area contributed by atoms with Gasteiger partial charge in [-0.25, -0.2) is 4.68 Å². The first-order valence-corrected chi connectivity index (χ1v) is 38.3. The normalized spacial score (nSPS) is 11.7. The number of unbranched alkanes of at least 4 members (excludes halogenated alkanes) is 6. The standard InChI is InChI=1S/C74H124N3O23P/c1-7-11-13-15-17-95-71-53-65(5)51-68(57-71)62-97-73-55-67(56-74(59-73)98-63-69-52-66(6)54-72(58-69)96-18-16-14-12-8-2)60-77-61-70(75-76-77)64-94-48-47-92-44-43-90-40-39-88-36-35-86-32-31-84-28-27-82-24-23-80-20-19-79-21-22-81-25-26-83-29-30-85-33-34-87-37-38-89-41-42-91-45-46-93-49-50-101(78,99-9-3)100-10-4/h51-59,61H,7-50,60,62-64H2,1-6H3. The van der Waals surface area contributed by atoms with Crippen LogP contribution in [0.5, 0.6) is 23.0 Å². The number of aromatic nitrogens is 3. The molecule has 0 atom stereocenters. The van der Waals surface area contributed by atoms with Crippen LogP contribution in [-0.4, -0.2) is 252 Å². The lowest BCUT2D eigenvalue weighted by Gasteiger charge is -2.16. The fraction of sp³-hybridized carbons (Fsp3) is 0.730. The Bertz CT molecular complexity index is 2510. The van der Waals surface area contributed by atoms with Gasteiger partial charge < -0.3 is 104 Å². The van der Waals surface area contributed by atoms with Gasteiger partial charge in [0.05, 0.1) is 257 Å². The summed E-state index contributed by atoms with van der Waals surface area (Å²) in [7, 11) is -3.07. The molecule has 101 heavy (non-hydrogen) atoms. The molecule has 4 aromatic rings. The highest BCUT2D eigenvalue weighted by Crippen LogP contribution is 2.47. The van der Waals surface area contributed by atoms with Crippen molar-refractivity contribution < 1.29 is 108 Å². The van der Waals surface area contributed by atoms with Crippen LogP contribution in [-0.2, 0) is 116 Å². The topological polar surface area (TPSA) is 251 Å². The lowest BCUT2D eigenvalue weighted by Crippen LogP contribution is -2.16. The Kier molecular flexibility index (Phi) is 55.3. The third-order valence-electron chi connectivity index (χ3n) is 14.4. The van der Waals surface area contributed by atoms with E-state index in [1.54, 1.807) is 18.5 Å². The van der Waals surface area contributed by atoms with Crippen molar-refractivity contribution >= 4 is 7.60 Å². The molecule has 0 fully saturated rings. The first-order valence-electron chi connectivity index (χ1n) is 36.6. The number of hydrogen-bond donors (Lipinski definition) is 0. The highest BCUT2D eigenvalue weighted by atomic mass is 31.2. The summed E-state index contributed by atoms with van der Waals surface area (Å²) in [5.41, 5.74) is 5.97. The number of nitrogens with zero attached hydrogens (tertiary/aromatic N) is 3. The summed E-state index contributed by atoms with van der Waals surface area (Å²) in [6, 6.07) is 18.5. The molecule has 0 radical (unpaired) electrons. The molecule has 578 valence electrons. The Morgan fingerprint density at radius 1 is 0.317 bits per heavy atom. The molecule has 4 rings (SSSR count). The second kappa shape index (κ2) is 62.8. The number of rotatable bonds is 74. The Balaban J connectivity index is 0.885. The quantitative estimate of drug-likeness (QED) is 0.0294. The molecule has 1 heterocycles. The van der Waals surface area contributed by atoms with E-state index in [1.807, 2.05) is 24.4 Å². The molecule has 0 aliphatic heterocycles. The van der Waals surface area contributed by atoms with E-state index in [0.29, 0.717) is 268 Å². The molecule has 0 N–H and O–H groups in total. The Labute approximate surface area is 602 Å². The summed E-state index contributed by atoms with van der Waals surface area (Å²) in [5, 5.41) is 8.77. The van der Waals surface area contributed by atoms with E-state index in [9.17, 15) is 4.57 Å². The third-order valence-corrected chi connectivity index (χ3v) is 16.5. The van der Waals surface area contributed by atoms with Crippen LogP contribution in [0.15, 0.2) is 60.8 Å². The smallest absolute Gasteiger partial charge is 0.332 e. The maximum atomic E-state index is 12.4. The summed E-state index contributed by atoms with van der Waals surface area (Å²) in [6.07, 6.45) is 11.4. The van der Waals surface area contributed by atoms with Crippen molar-refractivity contribution in [2.75, 3.05) is 237 Å². The zero-order chi connectivity index (χ0) is 71.8. The van der Waals surface area contributed by atoms with Crippen LogP contribution < -0.4 is 18.9 Å². The maximum absolute atomic E-state index is 12.4. The summed E-state index contributed by atoms with van der Waals surface area (Å²) in [5.74, 6) is 3.10. The van der Waals surface area contributed by atoms with Crippen LogP contribution in [0.2, 0.25) is 0 Å². The average Bonchev–Trinajstić information content (AvgIpc) is 1.68. The van der Waals surface area contributed by atoms with Gasteiger partial charge in [-0.15, -0.1) is 5.10 Å². The average molecular weight is 1450 g/mol. The predicted molar refractivity (Wildman–Crippen MR) is 384 cm³/mol. The fourth-order valence-corrected chi connectivity index (χ4v) is 11.0. The number of hydrogen-bond acceptors (Lipinski definition) is 25. The monoisotopic (exact) mass is 1450 g/mol. The molecular formula is C74H124N3O23P. The first-order chi connectivity index (χ1) is 49.7. The predicted octanol–water partition coefficient (Wildman–Crippen LogP) is 11.1. The highest BCUT2D eigenvalue weighted by molar-refractivity contribution is 7.53. The highest BCUT2D eigenvalue weighted by Gasteiger charge is 2.23. The van der Waals surface area contributed by atoms with Crippen LogP contribution in [0, 0.1) is 13.8 Å². The molecule has 0 aliphatic rings. The lowest BCUT2D eigenvalue weighted by molar-refractivity contribution is -0.0304. The molecule has 0 spiro atoms. The second-order valence-corrected chi connectivity index (χ2v) is 25.5. The minimum absolute atomic E-state index is 0.220. The van der Waals surface area contributed by atoms with Crippen molar-refractivity contribution in [1.29, 1.82) is 0 Å². The van der Waals surface area contributed by atoms with E-state index >= 15 is 0 Å². The van der Waals surface area contributed by atoms with Crippen molar-refractivity contribution in [1.82, 2.24) is 15.0 Å². The van der Waals surface area contributed by atoms with Gasteiger partial charge in [0.25, 0.3) is 0 Å². The largest absolute Gasteiger partial charge is 0.494 e. The van der Waals surface area contributed by atoms with Gasteiger partial charge in [-0.2, -0.15) is 0 Å². The molecule has 0 saturated heterocycles. The SMILES string of the molecule is CCCCCCOc1cc(C)cc(COc2cc(Cn3cc(COCCOCCOCCOCCOCCOCCOCCOCCOCCOCCOCCOCCOCCOCCOCCOCCP(=O)(OCC)OCC)nn3)cc(OCc3cc(C)cc(OCCCCCC)c3)c2)c1. The molecule has 0 aliphatic carbocycles. The first kappa shape index (κ1) is 88.9. The fourth-order valence-electron chi connectivity index (χ4n) is 9.52. The molecule has 0 saturated carbocycles. The number of aryl methyl sites for hydroxylation is 2. The lowest BCUT2D eigenvalue weighted by atomic mass is 10.1. The summed E-state index contributed by atoms with van der Waals surface area (Å²) < 4.78 is 139. The summed E-state index contributed by atoms with van der Waals surface area (Å²) in [4.78, 5) is 0. The van der Waals surface area contributed by atoms with Gasteiger partial charge in [-0.05, 0) is 105 Å². The van der Waals surface area contributed by atoms with E-state index < -0.39 is 7.60 Å². The van der Waals surface area contributed by atoms with Crippen LogP contribution >= 0.6 is 7.60 Å². The van der Waals surface area contributed by atoms with Crippen LogP contribution in [0.25, 0.3) is 0 Å². The van der Waals surface area contributed by atoms with Gasteiger partial charge in [0.1, 0.15) is 41.9 Å². The summed E-state index contributed by atoms with van der Waals surface area (Å²) >= 11 is 0. The van der Waals surface area contributed by atoms with Gasteiger partial charge in [0.15, 0.2) is 0 Å². The zero-order valence-electron chi connectivity index (χ0n) is 61.9. The van der Waals surface area contributed by atoms with Crippen LogP contribution in [0.1, 0.15) is 113 Å². The molecule has 3 aromatic carbocycles. The van der Waals surface area contributed by atoms with E-state index in [-0.39, 0.29) is 12.8 Å². The van der Waals surface area contributed by atoms with Crippen molar-refractivity contribution in [3.05, 3.63) is 94.3 Å². The van der Waals surface area contributed by atoms with Gasteiger partial charge in [0.2, 0.25) is 0 Å². The van der Waals surface area contributed by atoms with Gasteiger partial charge in [0, 0.05) is 6.07 Å². The van der Waals surface area contributed by atoms with Gasteiger partial charge in [-0.1, -0.05) is 69.7 Å². The molecule has 0 amide bonds. The van der Waals surface area contributed by atoms with Crippen molar-refractivity contribution in [3.8, 4) is 23.0 Å². The Hall–Kier alpha value is -4.49. The Morgan fingerprint density at radius 3 is 0.950 bits per heavy atom. The Morgan fingerprint density at radius 2 is 0.624 bits per heavy atom. The van der Waals surface area contributed by atoms with Crippen molar-refractivity contribution in [2.24, 2.45) is 0 Å². The van der Waals surface area contributed by atoms with E-state index in [1.165, 1.54) is 38.5 Å². The molecular weight excluding hydrogens is 1330 g/mol. The second-order valence-electron chi connectivity index (χ2n) is 23.3. The van der Waals surface area contributed by atoms with Crippen LogP contribution in [0.4, 0.5) is 0 Å². The zero-order valence-corrected chi connectivity index (χ0v) is 62.8. The summed E-state index contributed by atoms with van der Waals surface area (Å²) in [6.45, 7) is 29.8. The molecule has 27 heteroatoms. The number of ether oxygens (including phenoxy) is 20. The molecule has 26 nitrogen and oxygen atoms in total. The minimum Gasteiger partial charge on any atom is -0.494 e. The van der Waals surface area contributed by atoms with E-state index in [4.69, 9.17) is 104 Å². The van der Waals surface area contributed by atoms with E-state index in [0.717, 1.165) is 52.2 Å². The molecule has 0 unspecified atom stereocenters. The van der Waals surface area contributed by atoms with Crippen molar-refractivity contribution in [3.63, 3.8) is 0 Å². The number of benzene rings is 3. The van der Waals surface area contributed by atoms with Crippen LogP contribution in [0.3, 0.4) is 0 Å². The van der Waals surface area contributed by atoms with E-state index in [2.05, 4.69) is 74.4 Å². The van der Waals surface area contributed by atoms with Gasteiger partial charge in [-0.3, -0.25) is 4.57 Å².